The fraction of sp³-hybridized carbons (Fsp3) is 0.667. The van der Waals surface area contributed by atoms with Gasteiger partial charge in [0.25, 0.3) is 0 Å². The lowest BCUT2D eigenvalue weighted by molar-refractivity contribution is -0.129. The van der Waals surface area contributed by atoms with Gasteiger partial charge < -0.3 is 5.32 Å². The van der Waals surface area contributed by atoms with Crippen molar-refractivity contribution in [1.29, 1.82) is 0 Å². The van der Waals surface area contributed by atoms with Gasteiger partial charge in [-0.15, -0.1) is 0 Å². The number of nitrogens with zero attached hydrogens (tertiary/aromatic N) is 1. The molecule has 0 unspecified atom stereocenters. The zero-order valence-electron chi connectivity index (χ0n) is 13.5. The summed E-state index contributed by atoms with van der Waals surface area (Å²) in [6.07, 6.45) is 6.10. The minimum absolute atomic E-state index is 0.192. The Kier molecular flexibility index (Phi) is 5.77. The van der Waals surface area contributed by atoms with Crippen LogP contribution in [0, 0.1) is 23.7 Å². The largest absolute Gasteiger partial charge is 0.355 e. The summed E-state index contributed by atoms with van der Waals surface area (Å²) in [5, 5.41) is 3.13. The maximum atomic E-state index is 12.5. The standard InChI is InChI=1S/C18H28N2O/c1-13(2)16-8-7-14(3)12-17(16)18(21)20-11-9-15-6-4-5-10-19-15/h4-6,10,13-14,16-17H,7-9,11-12H2,1-3H3,(H,20,21)/t14-,16+,17+/m1/s1. The van der Waals surface area contributed by atoms with Gasteiger partial charge in [-0.2, -0.15) is 0 Å². The molecular weight excluding hydrogens is 260 g/mol. The summed E-state index contributed by atoms with van der Waals surface area (Å²) < 4.78 is 0. The van der Waals surface area contributed by atoms with Crippen LogP contribution in [0.1, 0.15) is 45.7 Å². The number of aromatic nitrogens is 1. The van der Waals surface area contributed by atoms with Crippen molar-refractivity contribution in [2.45, 2.75) is 46.5 Å². The predicted molar refractivity (Wildman–Crippen MR) is 85.8 cm³/mol. The van der Waals surface area contributed by atoms with Crippen molar-refractivity contribution in [3.8, 4) is 0 Å². The van der Waals surface area contributed by atoms with Crippen LogP contribution >= 0.6 is 0 Å². The summed E-state index contributed by atoms with van der Waals surface area (Å²) in [4.78, 5) is 16.8. The van der Waals surface area contributed by atoms with Crippen LogP contribution in [0.25, 0.3) is 0 Å². The molecule has 0 aliphatic heterocycles. The highest BCUT2D eigenvalue weighted by Crippen LogP contribution is 2.37. The van der Waals surface area contributed by atoms with E-state index in [1.165, 1.54) is 12.8 Å². The predicted octanol–water partition coefficient (Wildman–Crippen LogP) is 3.45. The molecule has 3 heteroatoms. The summed E-state index contributed by atoms with van der Waals surface area (Å²) in [5.41, 5.74) is 1.04. The van der Waals surface area contributed by atoms with E-state index in [0.29, 0.717) is 24.3 Å². The number of nitrogens with one attached hydrogen (secondary N) is 1. The molecule has 3 nitrogen and oxygen atoms in total. The first-order chi connectivity index (χ1) is 10.1. The van der Waals surface area contributed by atoms with Crippen molar-refractivity contribution in [1.82, 2.24) is 10.3 Å². The summed E-state index contributed by atoms with van der Waals surface area (Å²) in [7, 11) is 0. The van der Waals surface area contributed by atoms with Crippen LogP contribution in [0.3, 0.4) is 0 Å². The molecule has 1 amide bonds. The van der Waals surface area contributed by atoms with Crippen LogP contribution < -0.4 is 5.32 Å². The van der Waals surface area contributed by atoms with Crippen LogP contribution in [-0.4, -0.2) is 17.4 Å². The van der Waals surface area contributed by atoms with E-state index in [-0.39, 0.29) is 11.8 Å². The molecule has 1 heterocycles. The molecule has 1 aliphatic carbocycles. The summed E-state index contributed by atoms with van der Waals surface area (Å²) in [5.74, 6) is 2.24. The molecule has 2 rings (SSSR count). The fourth-order valence-corrected chi connectivity index (χ4v) is 3.49. The average molecular weight is 288 g/mol. The number of pyridine rings is 1. The molecule has 1 fully saturated rings. The maximum Gasteiger partial charge on any atom is 0.223 e. The van der Waals surface area contributed by atoms with Crippen LogP contribution in [0.15, 0.2) is 24.4 Å². The lowest BCUT2D eigenvalue weighted by Crippen LogP contribution is -2.40. The van der Waals surface area contributed by atoms with E-state index in [1.54, 1.807) is 6.20 Å². The Balaban J connectivity index is 1.85. The zero-order valence-corrected chi connectivity index (χ0v) is 13.5. The molecule has 116 valence electrons. The third-order valence-corrected chi connectivity index (χ3v) is 4.77. The van der Waals surface area contributed by atoms with Gasteiger partial charge in [-0.3, -0.25) is 9.78 Å². The molecule has 21 heavy (non-hydrogen) atoms. The smallest absolute Gasteiger partial charge is 0.223 e. The van der Waals surface area contributed by atoms with Crippen LogP contribution in [0.4, 0.5) is 0 Å². The fourth-order valence-electron chi connectivity index (χ4n) is 3.49. The van der Waals surface area contributed by atoms with Crippen molar-refractivity contribution in [2.24, 2.45) is 23.7 Å². The van der Waals surface area contributed by atoms with Gasteiger partial charge >= 0.3 is 0 Å². The highest BCUT2D eigenvalue weighted by molar-refractivity contribution is 5.79. The number of amides is 1. The highest BCUT2D eigenvalue weighted by Gasteiger charge is 2.35. The van der Waals surface area contributed by atoms with E-state index < -0.39 is 0 Å². The molecule has 0 aromatic carbocycles. The van der Waals surface area contributed by atoms with Gasteiger partial charge in [0.1, 0.15) is 0 Å². The number of hydrogen-bond acceptors (Lipinski definition) is 2. The summed E-state index contributed by atoms with van der Waals surface area (Å²) >= 11 is 0. The number of hydrogen-bond donors (Lipinski definition) is 1. The van der Waals surface area contributed by atoms with Crippen LogP contribution in [-0.2, 0) is 11.2 Å². The third-order valence-electron chi connectivity index (χ3n) is 4.77. The molecule has 1 aliphatic rings. The lowest BCUT2D eigenvalue weighted by atomic mass is 9.70. The first-order valence-electron chi connectivity index (χ1n) is 8.25. The quantitative estimate of drug-likeness (QED) is 0.901. The molecule has 0 saturated heterocycles. The average Bonchev–Trinajstić information content (AvgIpc) is 2.47. The lowest BCUT2D eigenvalue weighted by Gasteiger charge is -2.36. The number of rotatable bonds is 5. The van der Waals surface area contributed by atoms with Gasteiger partial charge in [-0.05, 0) is 42.7 Å². The third kappa shape index (κ3) is 4.55. The van der Waals surface area contributed by atoms with Crippen molar-refractivity contribution in [2.75, 3.05) is 6.54 Å². The molecule has 1 saturated carbocycles. The molecular formula is C18H28N2O. The van der Waals surface area contributed by atoms with Crippen LogP contribution in [0.2, 0.25) is 0 Å². The van der Waals surface area contributed by atoms with Crippen molar-refractivity contribution in [3.05, 3.63) is 30.1 Å². The summed E-state index contributed by atoms with van der Waals surface area (Å²) in [6, 6.07) is 5.91. The maximum absolute atomic E-state index is 12.5. The number of carbonyl (C=O) groups is 1. The molecule has 0 bridgehead atoms. The Labute approximate surface area is 128 Å². The second kappa shape index (κ2) is 7.58. The first kappa shape index (κ1) is 16.0. The van der Waals surface area contributed by atoms with Gasteiger partial charge in [-0.1, -0.05) is 33.3 Å². The Morgan fingerprint density at radius 2 is 2.19 bits per heavy atom. The molecule has 0 radical (unpaired) electrons. The normalized spacial score (nSPS) is 25.8. The van der Waals surface area contributed by atoms with Gasteiger partial charge in [0.15, 0.2) is 0 Å². The van der Waals surface area contributed by atoms with Gasteiger partial charge in [0, 0.05) is 30.8 Å². The Morgan fingerprint density at radius 3 is 2.86 bits per heavy atom. The van der Waals surface area contributed by atoms with E-state index in [0.717, 1.165) is 18.5 Å². The molecule has 1 N–H and O–H groups in total. The van der Waals surface area contributed by atoms with Crippen molar-refractivity contribution in [3.63, 3.8) is 0 Å². The molecule has 0 spiro atoms. The van der Waals surface area contributed by atoms with Gasteiger partial charge in [0.2, 0.25) is 5.91 Å². The minimum atomic E-state index is 0.192. The Morgan fingerprint density at radius 1 is 1.38 bits per heavy atom. The second-order valence-corrected chi connectivity index (χ2v) is 6.79. The first-order valence-corrected chi connectivity index (χ1v) is 8.25. The van der Waals surface area contributed by atoms with Crippen molar-refractivity contribution < 1.29 is 4.79 Å². The molecule has 3 atom stereocenters. The van der Waals surface area contributed by atoms with Gasteiger partial charge in [0.05, 0.1) is 0 Å². The Hall–Kier alpha value is -1.38. The highest BCUT2D eigenvalue weighted by atomic mass is 16.1. The number of carbonyl (C=O) groups excluding carboxylic acids is 1. The van der Waals surface area contributed by atoms with E-state index in [2.05, 4.69) is 31.1 Å². The topological polar surface area (TPSA) is 42.0 Å². The van der Waals surface area contributed by atoms with E-state index >= 15 is 0 Å². The monoisotopic (exact) mass is 288 g/mol. The van der Waals surface area contributed by atoms with Crippen LogP contribution in [0.5, 0.6) is 0 Å². The van der Waals surface area contributed by atoms with E-state index in [1.807, 2.05) is 18.2 Å². The molecule has 1 aromatic heterocycles. The zero-order chi connectivity index (χ0) is 15.2. The van der Waals surface area contributed by atoms with Crippen molar-refractivity contribution >= 4 is 5.91 Å². The van der Waals surface area contributed by atoms with E-state index in [9.17, 15) is 4.79 Å². The van der Waals surface area contributed by atoms with Gasteiger partial charge in [-0.25, -0.2) is 0 Å². The molecule has 1 aromatic rings. The minimum Gasteiger partial charge on any atom is -0.355 e. The second-order valence-electron chi connectivity index (χ2n) is 6.79. The summed E-state index contributed by atoms with van der Waals surface area (Å²) in [6.45, 7) is 7.44. The van der Waals surface area contributed by atoms with E-state index in [4.69, 9.17) is 0 Å². The SMILES string of the molecule is CC(C)[C@@H]1CC[C@@H](C)C[C@@H]1C(=O)NCCc1ccccn1. The Bertz CT molecular complexity index is 444.